The zero-order valence-electron chi connectivity index (χ0n) is 8.42. The Morgan fingerprint density at radius 3 is 2.35 bits per heavy atom. The van der Waals surface area contributed by atoms with Crippen molar-refractivity contribution in [2.24, 2.45) is 0 Å². The molecule has 0 aromatic heterocycles. The summed E-state index contributed by atoms with van der Waals surface area (Å²) in [5.74, 6) is -1.32. The van der Waals surface area contributed by atoms with Crippen molar-refractivity contribution >= 4 is 36.5 Å². The maximum Gasteiger partial charge on any atom is 0.337 e. The van der Waals surface area contributed by atoms with Gasteiger partial charge >= 0.3 is 5.97 Å². The van der Waals surface area contributed by atoms with Crippen molar-refractivity contribution in [3.05, 3.63) is 42.0 Å². The predicted molar refractivity (Wildman–Crippen MR) is 63.9 cm³/mol. The van der Waals surface area contributed by atoms with E-state index in [1.54, 1.807) is 24.3 Å². The first-order valence-corrected chi connectivity index (χ1v) is 6.92. The molecule has 0 aliphatic heterocycles. The molecule has 0 bridgehead atoms. The molecule has 0 atom stereocenters. The fourth-order valence-electron chi connectivity index (χ4n) is 1.68. The van der Waals surface area contributed by atoms with Gasteiger partial charge in [0.1, 0.15) is 0 Å². The van der Waals surface area contributed by atoms with Gasteiger partial charge in [0.2, 0.25) is 0 Å². The fraction of sp³-hybridized carbons (Fsp3) is 0. The van der Waals surface area contributed by atoms with Crippen LogP contribution in [0.5, 0.6) is 0 Å². The van der Waals surface area contributed by atoms with E-state index in [9.17, 15) is 13.2 Å². The highest BCUT2D eigenvalue weighted by atomic mass is 35.7. The minimum absolute atomic E-state index is 0.293. The Hall–Kier alpha value is -1.59. The van der Waals surface area contributed by atoms with Crippen LogP contribution in [-0.2, 0) is 9.05 Å². The third-order valence-corrected chi connectivity index (χ3v) is 3.73. The Balaban J connectivity index is 2.98. The van der Waals surface area contributed by atoms with E-state index >= 15 is 0 Å². The summed E-state index contributed by atoms with van der Waals surface area (Å²) in [5.41, 5.74) is -0.293. The van der Waals surface area contributed by atoms with E-state index in [1.807, 2.05) is 0 Å². The van der Waals surface area contributed by atoms with E-state index in [1.165, 1.54) is 12.1 Å². The second kappa shape index (κ2) is 4.01. The first kappa shape index (κ1) is 11.9. The monoisotopic (exact) mass is 270 g/mol. The van der Waals surface area contributed by atoms with E-state index in [0.717, 1.165) is 0 Å². The van der Waals surface area contributed by atoms with Crippen molar-refractivity contribution in [3.63, 3.8) is 0 Å². The molecule has 0 heterocycles. The van der Waals surface area contributed by atoms with E-state index in [0.29, 0.717) is 10.8 Å². The van der Waals surface area contributed by atoms with Crippen LogP contribution in [0, 0.1) is 0 Å². The van der Waals surface area contributed by atoms with Crippen LogP contribution >= 0.6 is 10.7 Å². The molecule has 0 aliphatic carbocycles. The molecule has 88 valence electrons. The van der Waals surface area contributed by atoms with Crippen molar-refractivity contribution in [3.8, 4) is 0 Å². The molecule has 0 aliphatic rings. The van der Waals surface area contributed by atoms with E-state index in [2.05, 4.69) is 0 Å². The lowest BCUT2D eigenvalue weighted by molar-refractivity contribution is 0.0695. The summed E-state index contributed by atoms with van der Waals surface area (Å²) in [6.45, 7) is 0. The molecule has 1 N–H and O–H groups in total. The second-order valence-electron chi connectivity index (χ2n) is 3.40. The first-order valence-electron chi connectivity index (χ1n) is 4.61. The second-order valence-corrected chi connectivity index (χ2v) is 5.94. The summed E-state index contributed by atoms with van der Waals surface area (Å²) in [6, 6.07) is 9.35. The van der Waals surface area contributed by atoms with Crippen molar-refractivity contribution in [1.29, 1.82) is 0 Å². The summed E-state index contributed by atoms with van der Waals surface area (Å²) < 4.78 is 22.6. The van der Waals surface area contributed by atoms with Gasteiger partial charge in [0.05, 0.1) is 10.5 Å². The normalized spacial score (nSPS) is 11.6. The summed E-state index contributed by atoms with van der Waals surface area (Å²) in [6.07, 6.45) is 0. The van der Waals surface area contributed by atoms with Crippen molar-refractivity contribution in [2.75, 3.05) is 0 Å². The number of halogens is 1. The van der Waals surface area contributed by atoms with Crippen LogP contribution in [0.2, 0.25) is 0 Å². The lowest BCUT2D eigenvalue weighted by Gasteiger charge is -2.06. The smallest absolute Gasteiger partial charge is 0.337 e. The molecule has 4 nitrogen and oxygen atoms in total. The highest BCUT2D eigenvalue weighted by Crippen LogP contribution is 2.27. The number of carboxylic acid groups (broad SMARTS) is 1. The number of benzene rings is 2. The highest BCUT2D eigenvalue weighted by Gasteiger charge is 2.22. The number of aromatic carboxylic acids is 1. The van der Waals surface area contributed by atoms with Gasteiger partial charge in [-0.05, 0) is 16.8 Å². The van der Waals surface area contributed by atoms with Gasteiger partial charge in [-0.25, -0.2) is 13.2 Å². The van der Waals surface area contributed by atoms with Crippen molar-refractivity contribution in [2.45, 2.75) is 4.90 Å². The molecule has 0 amide bonds. The zero-order chi connectivity index (χ0) is 12.6. The Morgan fingerprint density at radius 1 is 1.12 bits per heavy atom. The molecule has 0 radical (unpaired) electrons. The molecule has 2 aromatic carbocycles. The van der Waals surface area contributed by atoms with Gasteiger partial charge in [-0.2, -0.15) is 0 Å². The van der Waals surface area contributed by atoms with Crippen molar-refractivity contribution in [1.82, 2.24) is 0 Å². The van der Waals surface area contributed by atoms with Crippen LogP contribution in [0.15, 0.2) is 41.3 Å². The van der Waals surface area contributed by atoms with Crippen LogP contribution < -0.4 is 0 Å². The number of hydrogen-bond acceptors (Lipinski definition) is 3. The third-order valence-electron chi connectivity index (χ3n) is 2.37. The van der Waals surface area contributed by atoms with Crippen molar-refractivity contribution < 1.29 is 18.3 Å². The van der Waals surface area contributed by atoms with Gasteiger partial charge in [0.15, 0.2) is 0 Å². The first-order chi connectivity index (χ1) is 7.91. The molecular weight excluding hydrogens is 264 g/mol. The SMILES string of the molecule is O=C(O)c1c(S(=O)(=O)Cl)ccc2ccccc12. The number of carboxylic acids is 1. The van der Waals surface area contributed by atoms with Gasteiger partial charge in [0.25, 0.3) is 9.05 Å². The average Bonchev–Trinajstić information content (AvgIpc) is 2.26. The van der Waals surface area contributed by atoms with E-state index < -0.39 is 15.0 Å². The minimum atomic E-state index is -4.08. The Kier molecular flexibility index (Phi) is 2.81. The Morgan fingerprint density at radius 2 is 1.76 bits per heavy atom. The van der Waals surface area contributed by atoms with E-state index in [-0.39, 0.29) is 10.5 Å². The molecule has 2 aromatic rings. The lowest BCUT2D eigenvalue weighted by Crippen LogP contribution is -2.05. The van der Waals surface area contributed by atoms with Gasteiger partial charge in [-0.3, -0.25) is 0 Å². The van der Waals surface area contributed by atoms with Crippen LogP contribution in [-0.4, -0.2) is 19.5 Å². The van der Waals surface area contributed by atoms with E-state index in [4.69, 9.17) is 15.8 Å². The van der Waals surface area contributed by atoms with Gasteiger partial charge in [-0.15, -0.1) is 0 Å². The molecule has 0 fully saturated rings. The van der Waals surface area contributed by atoms with Gasteiger partial charge < -0.3 is 5.11 Å². The summed E-state index contributed by atoms with van der Waals surface area (Å²) in [7, 11) is 1.14. The summed E-state index contributed by atoms with van der Waals surface area (Å²) >= 11 is 0. The Labute approximate surface area is 102 Å². The summed E-state index contributed by atoms with van der Waals surface area (Å²) in [4.78, 5) is 10.8. The molecular formula is C11H7ClO4S. The number of carbonyl (C=O) groups is 1. The highest BCUT2D eigenvalue weighted by molar-refractivity contribution is 8.13. The Bertz CT molecular complexity index is 706. The topological polar surface area (TPSA) is 71.4 Å². The van der Waals surface area contributed by atoms with Gasteiger partial charge in [-0.1, -0.05) is 30.3 Å². The van der Waals surface area contributed by atoms with Crippen LogP contribution in [0.3, 0.4) is 0 Å². The zero-order valence-corrected chi connectivity index (χ0v) is 9.99. The number of rotatable bonds is 2. The molecule has 2 rings (SSSR count). The maximum atomic E-state index is 11.3. The maximum absolute atomic E-state index is 11.3. The number of hydrogen-bond donors (Lipinski definition) is 1. The lowest BCUT2D eigenvalue weighted by atomic mass is 10.0. The van der Waals surface area contributed by atoms with Crippen LogP contribution in [0.1, 0.15) is 10.4 Å². The largest absolute Gasteiger partial charge is 0.478 e. The van der Waals surface area contributed by atoms with Crippen LogP contribution in [0.25, 0.3) is 10.8 Å². The number of fused-ring (bicyclic) bond motifs is 1. The summed E-state index contributed by atoms with van der Waals surface area (Å²) in [5, 5.41) is 10.1. The molecule has 17 heavy (non-hydrogen) atoms. The molecule has 0 saturated carbocycles. The fourth-order valence-corrected chi connectivity index (χ4v) is 2.73. The van der Waals surface area contributed by atoms with Crippen LogP contribution in [0.4, 0.5) is 0 Å². The molecule has 0 unspecified atom stereocenters. The minimum Gasteiger partial charge on any atom is -0.478 e. The standard InChI is InChI=1S/C11H7ClO4S/c12-17(15,16)9-6-5-7-3-1-2-4-8(7)10(9)11(13)14/h1-6H,(H,13,14). The average molecular weight is 271 g/mol. The quantitative estimate of drug-likeness (QED) is 0.851. The predicted octanol–water partition coefficient (Wildman–Crippen LogP) is 2.47. The molecule has 6 heteroatoms. The molecule has 0 spiro atoms. The van der Waals surface area contributed by atoms with Gasteiger partial charge in [0, 0.05) is 10.7 Å². The third kappa shape index (κ3) is 2.11. The molecule has 0 saturated heterocycles.